The molecule has 108 valence electrons. The number of hydrogen-bond acceptors (Lipinski definition) is 4. The molecule has 0 bridgehead atoms. The van der Waals surface area contributed by atoms with Crippen molar-refractivity contribution >= 4 is 5.91 Å². The van der Waals surface area contributed by atoms with Crippen molar-refractivity contribution in [2.45, 2.75) is 39.3 Å². The van der Waals surface area contributed by atoms with E-state index in [1.54, 1.807) is 7.11 Å². The monoisotopic (exact) mass is 259 g/mol. The quantitative estimate of drug-likeness (QED) is 0.665. The molecule has 18 heavy (non-hydrogen) atoms. The third-order valence-electron chi connectivity index (χ3n) is 2.51. The number of carbonyl (C=O) groups is 1. The minimum atomic E-state index is -0.178. The van der Waals surface area contributed by atoms with E-state index < -0.39 is 0 Å². The summed E-state index contributed by atoms with van der Waals surface area (Å²) in [5.41, 5.74) is -0.178. The first-order chi connectivity index (χ1) is 8.26. The fraction of sp³-hybridized carbons (Fsp3) is 0.923. The number of ether oxygens (including phenoxy) is 1. The number of methoxy groups -OCH3 is 1. The van der Waals surface area contributed by atoms with Gasteiger partial charge < -0.3 is 20.3 Å². The second-order valence-electron chi connectivity index (χ2n) is 5.71. The molecule has 0 saturated heterocycles. The second-order valence-corrected chi connectivity index (χ2v) is 5.71. The van der Waals surface area contributed by atoms with Crippen molar-refractivity contribution in [2.75, 3.05) is 40.4 Å². The molecule has 0 aliphatic heterocycles. The van der Waals surface area contributed by atoms with Crippen molar-refractivity contribution in [1.82, 2.24) is 15.5 Å². The Kier molecular flexibility index (Phi) is 8.15. The SMILES string of the molecule is COCCN(C)CCNC(C)C(=O)NC(C)(C)C. The summed E-state index contributed by atoms with van der Waals surface area (Å²) in [7, 11) is 3.74. The maximum Gasteiger partial charge on any atom is 0.237 e. The zero-order valence-corrected chi connectivity index (χ0v) is 12.7. The normalized spacial score (nSPS) is 13.7. The van der Waals surface area contributed by atoms with Crippen LogP contribution in [0.25, 0.3) is 0 Å². The maximum absolute atomic E-state index is 11.8. The minimum absolute atomic E-state index is 0.0436. The molecule has 0 aromatic heterocycles. The second kappa shape index (κ2) is 8.45. The van der Waals surface area contributed by atoms with Crippen LogP contribution in [0.4, 0.5) is 0 Å². The number of amides is 1. The highest BCUT2D eigenvalue weighted by Crippen LogP contribution is 1.99. The molecule has 2 N–H and O–H groups in total. The van der Waals surface area contributed by atoms with Gasteiger partial charge in [0, 0.05) is 32.3 Å². The van der Waals surface area contributed by atoms with E-state index in [1.165, 1.54) is 0 Å². The lowest BCUT2D eigenvalue weighted by Gasteiger charge is -2.24. The van der Waals surface area contributed by atoms with Gasteiger partial charge in [0.15, 0.2) is 0 Å². The predicted molar refractivity (Wildman–Crippen MR) is 74.7 cm³/mol. The molecule has 0 aromatic carbocycles. The molecule has 5 heteroatoms. The van der Waals surface area contributed by atoms with Crippen LogP contribution in [0.15, 0.2) is 0 Å². The van der Waals surface area contributed by atoms with Gasteiger partial charge in [-0.3, -0.25) is 4.79 Å². The highest BCUT2D eigenvalue weighted by Gasteiger charge is 2.18. The van der Waals surface area contributed by atoms with Crippen molar-refractivity contribution in [1.29, 1.82) is 0 Å². The Bertz CT molecular complexity index is 239. The largest absolute Gasteiger partial charge is 0.383 e. The summed E-state index contributed by atoms with van der Waals surface area (Å²) in [5.74, 6) is 0.0436. The average molecular weight is 259 g/mol. The molecule has 0 aromatic rings. The molecule has 0 heterocycles. The van der Waals surface area contributed by atoms with Gasteiger partial charge in [0.05, 0.1) is 12.6 Å². The van der Waals surface area contributed by atoms with E-state index in [2.05, 4.69) is 15.5 Å². The molecular weight excluding hydrogens is 230 g/mol. The Labute approximate surface area is 111 Å². The number of nitrogens with zero attached hydrogens (tertiary/aromatic N) is 1. The summed E-state index contributed by atoms with van der Waals surface area (Å²) < 4.78 is 5.01. The fourth-order valence-corrected chi connectivity index (χ4v) is 1.40. The van der Waals surface area contributed by atoms with Gasteiger partial charge >= 0.3 is 0 Å². The highest BCUT2D eigenvalue weighted by molar-refractivity contribution is 5.81. The number of carbonyl (C=O) groups excluding carboxylic acids is 1. The van der Waals surface area contributed by atoms with Gasteiger partial charge in [-0.25, -0.2) is 0 Å². The first-order valence-corrected chi connectivity index (χ1v) is 6.49. The summed E-state index contributed by atoms with van der Waals surface area (Å²) in [6, 6.07) is -0.167. The third kappa shape index (κ3) is 9.39. The first kappa shape index (κ1) is 17.4. The van der Waals surface area contributed by atoms with Crippen molar-refractivity contribution in [3.05, 3.63) is 0 Å². The number of hydrogen-bond donors (Lipinski definition) is 2. The first-order valence-electron chi connectivity index (χ1n) is 6.49. The zero-order valence-electron chi connectivity index (χ0n) is 12.7. The van der Waals surface area contributed by atoms with Crippen molar-refractivity contribution in [3.8, 4) is 0 Å². The van der Waals surface area contributed by atoms with E-state index in [4.69, 9.17) is 4.74 Å². The molecule has 0 saturated carbocycles. The Morgan fingerprint density at radius 3 is 2.44 bits per heavy atom. The molecule has 0 spiro atoms. The third-order valence-corrected chi connectivity index (χ3v) is 2.51. The van der Waals surface area contributed by atoms with Crippen LogP contribution in [0.3, 0.4) is 0 Å². The lowest BCUT2D eigenvalue weighted by molar-refractivity contribution is -0.124. The summed E-state index contributed by atoms with van der Waals surface area (Å²) in [6.45, 7) is 11.2. The summed E-state index contributed by atoms with van der Waals surface area (Å²) in [4.78, 5) is 14.0. The molecular formula is C13H29N3O2. The van der Waals surface area contributed by atoms with Gasteiger partial charge in [0.2, 0.25) is 5.91 Å². The lowest BCUT2D eigenvalue weighted by Crippen LogP contribution is -2.50. The van der Waals surface area contributed by atoms with E-state index in [1.807, 2.05) is 34.7 Å². The molecule has 1 amide bonds. The van der Waals surface area contributed by atoms with Gasteiger partial charge in [-0.2, -0.15) is 0 Å². The van der Waals surface area contributed by atoms with Gasteiger partial charge in [0.1, 0.15) is 0 Å². The van der Waals surface area contributed by atoms with Gasteiger partial charge in [-0.05, 0) is 34.7 Å². The summed E-state index contributed by atoms with van der Waals surface area (Å²) in [5, 5.41) is 6.17. The van der Waals surface area contributed by atoms with Gasteiger partial charge in [-0.1, -0.05) is 0 Å². The van der Waals surface area contributed by atoms with E-state index in [-0.39, 0.29) is 17.5 Å². The van der Waals surface area contributed by atoms with Crippen LogP contribution < -0.4 is 10.6 Å². The van der Waals surface area contributed by atoms with E-state index in [0.717, 1.165) is 26.2 Å². The van der Waals surface area contributed by atoms with Crippen LogP contribution in [-0.2, 0) is 9.53 Å². The van der Waals surface area contributed by atoms with Crippen LogP contribution in [0.5, 0.6) is 0 Å². The van der Waals surface area contributed by atoms with Crippen molar-refractivity contribution < 1.29 is 9.53 Å². The van der Waals surface area contributed by atoms with E-state index >= 15 is 0 Å². The highest BCUT2D eigenvalue weighted by atomic mass is 16.5. The zero-order chi connectivity index (χ0) is 14.2. The smallest absolute Gasteiger partial charge is 0.237 e. The average Bonchev–Trinajstić information content (AvgIpc) is 2.23. The number of rotatable bonds is 8. The standard InChI is InChI=1S/C13H29N3O2/c1-11(12(17)15-13(2,3)4)14-7-8-16(5)9-10-18-6/h11,14H,7-10H2,1-6H3,(H,15,17). The lowest BCUT2D eigenvalue weighted by atomic mass is 10.1. The maximum atomic E-state index is 11.8. The molecule has 0 rings (SSSR count). The minimum Gasteiger partial charge on any atom is -0.383 e. The van der Waals surface area contributed by atoms with Crippen molar-refractivity contribution in [3.63, 3.8) is 0 Å². The Morgan fingerprint density at radius 2 is 1.94 bits per heavy atom. The Hall–Kier alpha value is -0.650. The van der Waals surface area contributed by atoms with Crippen LogP contribution in [-0.4, -0.2) is 62.8 Å². The van der Waals surface area contributed by atoms with Crippen LogP contribution in [0.1, 0.15) is 27.7 Å². The van der Waals surface area contributed by atoms with Gasteiger partial charge in [0.25, 0.3) is 0 Å². The van der Waals surface area contributed by atoms with Crippen LogP contribution in [0, 0.1) is 0 Å². The summed E-state index contributed by atoms with van der Waals surface area (Å²) >= 11 is 0. The molecule has 0 radical (unpaired) electrons. The van der Waals surface area contributed by atoms with E-state index in [0.29, 0.717) is 0 Å². The summed E-state index contributed by atoms with van der Waals surface area (Å²) in [6.07, 6.45) is 0. The van der Waals surface area contributed by atoms with Gasteiger partial charge in [-0.15, -0.1) is 0 Å². The van der Waals surface area contributed by atoms with Crippen molar-refractivity contribution in [2.24, 2.45) is 0 Å². The Balaban J connectivity index is 3.76. The molecule has 0 aliphatic carbocycles. The Morgan fingerprint density at radius 1 is 1.33 bits per heavy atom. The number of nitrogens with one attached hydrogen (secondary N) is 2. The molecule has 0 fully saturated rings. The number of likely N-dealkylation sites (N-methyl/N-ethyl adjacent to an activating group) is 1. The van der Waals surface area contributed by atoms with E-state index in [9.17, 15) is 4.79 Å². The molecule has 1 atom stereocenters. The molecule has 5 nitrogen and oxygen atoms in total. The fourth-order valence-electron chi connectivity index (χ4n) is 1.40. The predicted octanol–water partition coefficient (Wildman–Crippen LogP) is 0.457. The van der Waals surface area contributed by atoms with Crippen LogP contribution in [0.2, 0.25) is 0 Å². The molecule has 0 aliphatic rings. The molecule has 1 unspecified atom stereocenters. The topological polar surface area (TPSA) is 53.6 Å². The van der Waals surface area contributed by atoms with Crippen LogP contribution >= 0.6 is 0 Å².